The third kappa shape index (κ3) is 30.2. The number of carboxylic acid groups (broad SMARTS) is 3. The van der Waals surface area contributed by atoms with E-state index in [9.17, 15) is 57.8 Å². The number of alkyl carbamates (subject to hydrolysis) is 3. The number of amides is 3. The lowest BCUT2D eigenvalue weighted by atomic mass is 9.98. The van der Waals surface area contributed by atoms with Gasteiger partial charge in [0.05, 0.1) is 13.2 Å². The summed E-state index contributed by atoms with van der Waals surface area (Å²) in [5, 5.41) is 34.5. The van der Waals surface area contributed by atoms with Crippen LogP contribution in [0.25, 0.3) is 33.4 Å². The van der Waals surface area contributed by atoms with Crippen LogP contribution in [0.15, 0.2) is 237 Å². The van der Waals surface area contributed by atoms with Crippen LogP contribution >= 0.6 is 0 Å². The summed E-state index contributed by atoms with van der Waals surface area (Å²) in [6.45, 7) is 14.3. The van der Waals surface area contributed by atoms with E-state index < -0.39 is 106 Å². The van der Waals surface area contributed by atoms with Crippen LogP contribution in [0.1, 0.15) is 125 Å². The van der Waals surface area contributed by atoms with E-state index in [0.29, 0.717) is 0 Å². The summed E-state index contributed by atoms with van der Waals surface area (Å²) in [6.07, 6.45) is -2.83. The standard InChI is InChI=1S/C32H37NO6Si.C27H25NO6.C25H31NO6Si.C12H15NO4.4H2/c1-40(2,3)20-19-37-31(35)29(17-18-30(34)38-21-23-11-5-4-6-12-23)33-32(36)39-22-28-26-15-9-7-13-24(26)25-14-8-10-16-27(25)28;29-25(33-16-18-8-2-1-3-9-18)15-14-24(26(30)31)28-27(32)34-17-23-21-12-6-4-10-19(21)20-11-5-7-13-22(20)23;1-33(2,3)15-14-31-24(29)22(12-13-23(27)28)26-25(30)32-16-21-19-10-6-4-8-17(19)18-9-5-7-11-20(18)21;13-10(12(15)16)6-7-11(14)17-8-9-4-2-1-3-5-9;;;;/h4-16,28-29H,17-22H2,1-3H3,(H,33,36);1-13,23-24H,14-17H2,(H,28,32)(H,30,31);4-11,21-22H,12-16H2,1-3H3,(H,26,30)(H,27,28);1-5,10H,6-8,13H2,(H,15,16);4*1H/i;;;;4*1+1. The van der Waals surface area contributed by atoms with E-state index >= 15 is 0 Å². The molecular weight excluding hydrogens is 1620 g/mol. The molecule has 3 amide bonds. The summed E-state index contributed by atoms with van der Waals surface area (Å²) in [6, 6.07) is 73.1. The Kier molecular flexibility index (Phi) is 36.2. The van der Waals surface area contributed by atoms with Gasteiger partial charge in [0.2, 0.25) is 0 Å². The third-order valence-electron chi connectivity index (χ3n) is 20.6. The molecular formula is C96H116N4O22Si2. The molecule has 9 aromatic carbocycles. The Labute approximate surface area is 729 Å². The average molecular weight is 1740 g/mol. The highest BCUT2D eigenvalue weighted by Crippen LogP contribution is 2.47. The lowest BCUT2D eigenvalue weighted by Crippen LogP contribution is -2.43. The molecule has 124 heavy (non-hydrogen) atoms. The minimum atomic E-state index is -1.42. The maximum absolute atomic E-state index is 12.9. The molecule has 0 spiro atoms. The van der Waals surface area contributed by atoms with Crippen LogP contribution in [0, 0.1) is 0 Å². The van der Waals surface area contributed by atoms with Crippen molar-refractivity contribution < 1.29 is 112 Å². The zero-order chi connectivity index (χ0) is 89.1. The molecule has 28 heteroatoms. The van der Waals surface area contributed by atoms with Crippen molar-refractivity contribution in [3.8, 4) is 33.4 Å². The number of ether oxygens (including phenoxy) is 8. The molecule has 0 saturated carbocycles. The number of hydrogen-bond donors (Lipinski definition) is 7. The maximum Gasteiger partial charge on any atom is 0.407 e. The Balaban J connectivity index is 0.000000309. The number of rotatable bonds is 37. The van der Waals surface area contributed by atoms with Crippen molar-refractivity contribution in [3.63, 3.8) is 0 Å². The lowest BCUT2D eigenvalue weighted by molar-refractivity contribution is -0.149. The second-order valence-electron chi connectivity index (χ2n) is 32.3. The summed E-state index contributed by atoms with van der Waals surface area (Å²) in [5.74, 6) is -6.40. The second-order valence-corrected chi connectivity index (χ2v) is 43.5. The van der Waals surface area contributed by atoms with Gasteiger partial charge in [0.1, 0.15) is 63.8 Å². The molecule has 0 fully saturated rings. The molecule has 660 valence electrons. The van der Waals surface area contributed by atoms with Crippen molar-refractivity contribution in [2.75, 3.05) is 33.0 Å². The van der Waals surface area contributed by atoms with Crippen molar-refractivity contribution in [1.29, 1.82) is 0 Å². The van der Waals surface area contributed by atoms with Gasteiger partial charge in [-0.05, 0) is 121 Å². The highest BCUT2D eigenvalue weighted by molar-refractivity contribution is 6.76. The molecule has 4 atom stereocenters. The van der Waals surface area contributed by atoms with Crippen molar-refractivity contribution in [2.45, 2.75) is 164 Å². The molecule has 0 bridgehead atoms. The predicted molar refractivity (Wildman–Crippen MR) is 479 cm³/mol. The first-order chi connectivity index (χ1) is 59.5. The van der Waals surface area contributed by atoms with Crippen molar-refractivity contribution >= 4 is 82.2 Å². The molecule has 8 N–H and O–H groups in total. The van der Waals surface area contributed by atoms with Crippen LogP contribution in [-0.2, 0) is 96.1 Å². The van der Waals surface area contributed by atoms with E-state index in [1.54, 1.807) is 0 Å². The number of aliphatic carboxylic acids is 3. The van der Waals surface area contributed by atoms with Crippen LogP contribution in [0.4, 0.5) is 14.4 Å². The van der Waals surface area contributed by atoms with Crippen LogP contribution in [0.2, 0.25) is 51.4 Å². The first-order valence-corrected chi connectivity index (χ1v) is 48.6. The molecule has 3 aliphatic rings. The number of hydrogen-bond acceptors (Lipinski definition) is 20. The molecule has 3 aliphatic carbocycles. The summed E-state index contributed by atoms with van der Waals surface area (Å²) in [4.78, 5) is 132. The molecule has 0 radical (unpaired) electrons. The van der Waals surface area contributed by atoms with Gasteiger partial charge >= 0.3 is 66.0 Å². The van der Waals surface area contributed by atoms with Gasteiger partial charge in [-0.3, -0.25) is 24.0 Å². The van der Waals surface area contributed by atoms with Crippen LogP contribution in [0.3, 0.4) is 0 Å². The van der Waals surface area contributed by atoms with E-state index in [1.807, 2.05) is 224 Å². The normalized spacial score (nSPS) is 13.0. The fourth-order valence-corrected chi connectivity index (χ4v) is 15.3. The van der Waals surface area contributed by atoms with Crippen LogP contribution in [-0.4, -0.2) is 155 Å². The Morgan fingerprint density at radius 1 is 0.323 bits per heavy atom. The fraction of sp³-hybridized carbons (Fsp3) is 0.323. The summed E-state index contributed by atoms with van der Waals surface area (Å²) >= 11 is 0. The topological polar surface area (TPSA) is 384 Å². The smallest absolute Gasteiger partial charge is 0.407 e. The molecule has 12 rings (SSSR count). The number of nitrogens with one attached hydrogen (secondary N) is 3. The van der Waals surface area contributed by atoms with Gasteiger partial charge in [0, 0.05) is 65.3 Å². The van der Waals surface area contributed by atoms with Gasteiger partial charge < -0.3 is 74.9 Å². The summed E-state index contributed by atoms with van der Waals surface area (Å²) in [5.41, 5.74) is 21.0. The Morgan fingerprint density at radius 2 is 0.573 bits per heavy atom. The van der Waals surface area contributed by atoms with Gasteiger partial charge in [-0.2, -0.15) is 0 Å². The fourth-order valence-electron chi connectivity index (χ4n) is 13.8. The van der Waals surface area contributed by atoms with Crippen LogP contribution in [0.5, 0.6) is 0 Å². The second kappa shape index (κ2) is 47.4. The zero-order valence-electron chi connectivity index (χ0n) is 70.5. The molecule has 9 aromatic rings. The largest absolute Gasteiger partial charge is 0.481 e. The highest BCUT2D eigenvalue weighted by atomic mass is 28.3. The first kappa shape index (κ1) is 94.8. The molecule has 4 unspecified atom stereocenters. The van der Waals surface area contributed by atoms with E-state index in [4.69, 9.17) is 53.8 Å². The van der Waals surface area contributed by atoms with E-state index in [2.05, 4.69) is 67.4 Å². The zero-order valence-corrected chi connectivity index (χ0v) is 72.5. The maximum atomic E-state index is 12.9. The molecule has 0 saturated heterocycles. The monoisotopic (exact) mass is 1740 g/mol. The number of carbonyl (C=O) groups is 11. The van der Waals surface area contributed by atoms with Gasteiger partial charge in [-0.15, -0.1) is 0 Å². The van der Waals surface area contributed by atoms with Gasteiger partial charge in [-0.1, -0.05) is 276 Å². The third-order valence-corrected chi connectivity index (χ3v) is 24.0. The number of fused-ring (bicyclic) bond motifs is 9. The minimum Gasteiger partial charge on any atom is -0.481 e. The van der Waals surface area contributed by atoms with E-state index in [0.717, 1.165) is 95.5 Å². The predicted octanol–water partition coefficient (Wildman–Crippen LogP) is 17.3. The molecule has 26 nitrogen and oxygen atoms in total. The highest BCUT2D eigenvalue weighted by Gasteiger charge is 2.35. The SMILES string of the molecule is C[Si](C)(C)CCOC(=O)C(CCC(=O)O)NC(=O)OCC1c2ccccc2-c2ccccc21.C[Si](C)(C)CCOC(=O)C(CCC(=O)OCc1ccccc1)NC(=O)OCC1c2ccccc2-c2ccccc21.NC(CCC(=O)OCc1ccccc1)C(=O)O.O=C(CCC(NC(=O)OCC1c2ccccc2-c2ccccc21)C(=O)O)OCc1ccccc1.[2HH].[2HH].[2HH].[2HH]. The number of carbonyl (C=O) groups excluding carboxylic acids is 8. The van der Waals surface area contributed by atoms with Crippen molar-refractivity contribution in [2.24, 2.45) is 5.73 Å². The number of carboxylic acids is 3. The lowest BCUT2D eigenvalue weighted by Gasteiger charge is -2.20. The van der Waals surface area contributed by atoms with Gasteiger partial charge in [0.15, 0.2) is 0 Å². The summed E-state index contributed by atoms with van der Waals surface area (Å²) < 4.78 is 42.8. The quantitative estimate of drug-likeness (QED) is 0.0108. The summed E-state index contributed by atoms with van der Waals surface area (Å²) in [7, 11) is -2.82. The Hall–Kier alpha value is -13.1. The molecule has 0 aromatic heterocycles. The van der Waals surface area contributed by atoms with Gasteiger partial charge in [0.25, 0.3) is 0 Å². The molecule has 0 heterocycles. The first-order valence-electron chi connectivity index (χ1n) is 41.2. The number of benzene rings is 9. The van der Waals surface area contributed by atoms with Crippen molar-refractivity contribution in [1.82, 2.24) is 16.0 Å². The number of nitrogens with two attached hydrogens (primary N) is 1. The Bertz CT molecular complexity index is 4990. The van der Waals surface area contributed by atoms with Crippen molar-refractivity contribution in [3.05, 3.63) is 287 Å². The Morgan fingerprint density at radius 3 is 0.839 bits per heavy atom. The van der Waals surface area contributed by atoms with Gasteiger partial charge in [-0.25, -0.2) is 28.8 Å². The minimum absolute atomic E-state index is 0. The van der Waals surface area contributed by atoms with Crippen LogP contribution < -0.4 is 21.7 Å². The number of esters is 5. The molecule has 0 aliphatic heterocycles. The van der Waals surface area contributed by atoms with E-state index in [1.165, 1.54) is 0 Å². The van der Waals surface area contributed by atoms with E-state index in [-0.39, 0.29) is 128 Å². The average Bonchev–Trinajstić information content (AvgIpc) is 1.63.